The van der Waals surface area contributed by atoms with E-state index in [-0.39, 0.29) is 17.2 Å². The highest BCUT2D eigenvalue weighted by atomic mass is 32.2. The average Bonchev–Trinajstić information content (AvgIpc) is 2.71. The fourth-order valence-corrected chi connectivity index (χ4v) is 3.43. The molecule has 3 rings (SSSR count). The maximum absolute atomic E-state index is 11.8. The number of nitrogens with two attached hydrogens (primary N) is 1. The van der Waals surface area contributed by atoms with Crippen molar-refractivity contribution in [2.75, 3.05) is 6.61 Å². The van der Waals surface area contributed by atoms with Gasteiger partial charge >= 0.3 is 0 Å². The molecule has 28 heavy (non-hydrogen) atoms. The number of aromatic nitrogens is 2. The van der Waals surface area contributed by atoms with Crippen LogP contribution in [0, 0.1) is 0 Å². The minimum atomic E-state index is -3.90. The largest absolute Gasteiger partial charge is 0.491 e. The monoisotopic (exact) mass is 399 g/mol. The number of aryl methyl sites for hydroxylation is 1. The van der Waals surface area contributed by atoms with Gasteiger partial charge in [0.2, 0.25) is 10.0 Å². The summed E-state index contributed by atoms with van der Waals surface area (Å²) in [7, 11) is -3.90. The Balaban J connectivity index is 1.66. The molecule has 0 saturated heterocycles. The molecule has 146 valence electrons. The van der Waals surface area contributed by atoms with Crippen LogP contribution in [-0.2, 0) is 16.4 Å². The third kappa shape index (κ3) is 5.35. The fraction of sp³-hybridized carbons (Fsp3) is 0.200. The summed E-state index contributed by atoms with van der Waals surface area (Å²) in [6.45, 7) is 0.119. The number of aliphatic hydroxyl groups is 1. The first-order valence-electron chi connectivity index (χ1n) is 8.71. The molecule has 0 fully saturated rings. The van der Waals surface area contributed by atoms with Gasteiger partial charge in [-0.15, -0.1) is 0 Å². The van der Waals surface area contributed by atoms with Crippen molar-refractivity contribution < 1.29 is 18.3 Å². The predicted molar refractivity (Wildman–Crippen MR) is 105 cm³/mol. The first-order chi connectivity index (χ1) is 13.4. The van der Waals surface area contributed by atoms with E-state index in [0.717, 1.165) is 5.56 Å². The molecule has 8 heteroatoms. The summed E-state index contributed by atoms with van der Waals surface area (Å²) in [4.78, 5) is 8.14. The Labute approximate surface area is 163 Å². The summed E-state index contributed by atoms with van der Waals surface area (Å²) in [5, 5.41) is 15.4. The number of primary sulfonamides is 1. The number of hydrogen-bond acceptors (Lipinski definition) is 6. The number of aliphatic hydroxyl groups excluding tert-OH is 1. The maximum atomic E-state index is 11.8. The number of rotatable bonds is 8. The second-order valence-electron chi connectivity index (χ2n) is 6.29. The summed E-state index contributed by atoms with van der Waals surface area (Å²) in [6.07, 6.45) is 5.58. The topological polar surface area (TPSA) is 115 Å². The number of ether oxygens (including phenoxy) is 1. The van der Waals surface area contributed by atoms with Crippen molar-refractivity contribution in [1.29, 1.82) is 0 Å². The maximum Gasteiger partial charge on any atom is 0.240 e. The summed E-state index contributed by atoms with van der Waals surface area (Å²) in [5.74, 6) is 0.504. The molecular formula is C20H21N3O4S. The van der Waals surface area contributed by atoms with Crippen LogP contribution in [0.3, 0.4) is 0 Å². The van der Waals surface area contributed by atoms with Crippen molar-refractivity contribution in [2.45, 2.75) is 23.8 Å². The smallest absolute Gasteiger partial charge is 0.240 e. The predicted octanol–water partition coefficient (Wildman–Crippen LogP) is 2.16. The quantitative estimate of drug-likeness (QED) is 0.600. The molecule has 0 bridgehead atoms. The molecule has 3 aromatic rings. The van der Waals surface area contributed by atoms with Gasteiger partial charge < -0.3 is 9.84 Å². The normalized spacial score (nSPS) is 12.5. The van der Waals surface area contributed by atoms with Gasteiger partial charge in [0.25, 0.3) is 0 Å². The van der Waals surface area contributed by atoms with Crippen LogP contribution in [0.5, 0.6) is 5.75 Å². The Morgan fingerprint density at radius 3 is 2.68 bits per heavy atom. The molecule has 0 saturated carbocycles. The van der Waals surface area contributed by atoms with Crippen LogP contribution in [0.15, 0.2) is 72.0 Å². The van der Waals surface area contributed by atoms with E-state index >= 15 is 0 Å². The van der Waals surface area contributed by atoms with E-state index in [9.17, 15) is 13.5 Å². The lowest BCUT2D eigenvalue weighted by molar-refractivity contribution is 0.100. The van der Waals surface area contributed by atoms with Crippen LogP contribution in [0.2, 0.25) is 0 Å². The van der Waals surface area contributed by atoms with E-state index in [1.807, 2.05) is 12.1 Å². The molecule has 1 aromatic carbocycles. The Bertz CT molecular complexity index is 1030. The zero-order valence-corrected chi connectivity index (χ0v) is 15.9. The lowest BCUT2D eigenvalue weighted by Gasteiger charge is -2.13. The molecule has 0 radical (unpaired) electrons. The van der Waals surface area contributed by atoms with Gasteiger partial charge in [0.1, 0.15) is 17.3 Å². The summed E-state index contributed by atoms with van der Waals surface area (Å²) < 4.78 is 29.2. The minimum absolute atomic E-state index is 0.0522. The Hall–Kier alpha value is -2.81. The highest BCUT2D eigenvalue weighted by Crippen LogP contribution is 2.27. The number of benzene rings is 1. The molecule has 0 spiro atoms. The van der Waals surface area contributed by atoms with Gasteiger partial charge in [-0.2, -0.15) is 0 Å². The zero-order chi connectivity index (χ0) is 20.0. The highest BCUT2D eigenvalue weighted by Gasteiger charge is 2.16. The molecule has 1 atom stereocenters. The molecule has 3 N–H and O–H groups in total. The lowest BCUT2D eigenvalue weighted by Crippen LogP contribution is -2.18. The molecule has 1 unspecified atom stereocenters. The van der Waals surface area contributed by atoms with Crippen molar-refractivity contribution in [2.24, 2.45) is 5.14 Å². The zero-order valence-electron chi connectivity index (χ0n) is 15.1. The third-order valence-corrected chi connectivity index (χ3v) is 5.06. The lowest BCUT2D eigenvalue weighted by atomic mass is 10.1. The van der Waals surface area contributed by atoms with E-state index in [0.29, 0.717) is 24.2 Å². The van der Waals surface area contributed by atoms with Gasteiger partial charge in [-0.1, -0.05) is 18.2 Å². The van der Waals surface area contributed by atoms with Gasteiger partial charge in [0.05, 0.1) is 11.8 Å². The second kappa shape index (κ2) is 8.92. The summed E-state index contributed by atoms with van der Waals surface area (Å²) >= 11 is 0. The van der Waals surface area contributed by atoms with Gasteiger partial charge in [-0.25, -0.2) is 13.6 Å². The molecule has 2 aromatic heterocycles. The van der Waals surface area contributed by atoms with E-state index in [2.05, 4.69) is 9.97 Å². The molecule has 0 aliphatic rings. The molecule has 7 nitrogen and oxygen atoms in total. The van der Waals surface area contributed by atoms with Crippen molar-refractivity contribution in [1.82, 2.24) is 9.97 Å². The minimum Gasteiger partial charge on any atom is -0.491 e. The SMILES string of the molecule is NS(=O)(=O)c1cccnc1-c1cccc(OCC(O)CCc2cccnc2)c1. The summed E-state index contributed by atoms with van der Waals surface area (Å²) in [6, 6.07) is 13.6. The molecule has 0 aliphatic carbocycles. The second-order valence-corrected chi connectivity index (χ2v) is 7.82. The standard InChI is InChI=1S/C20H21N3O4S/c21-28(25,26)19-7-3-11-23-20(19)16-5-1-6-18(12-16)27-14-17(24)9-8-15-4-2-10-22-13-15/h1-7,10-13,17,24H,8-9,14H2,(H2,21,25,26). The number of nitrogens with zero attached hydrogens (tertiary/aromatic N) is 2. The average molecular weight is 399 g/mol. The molecule has 2 heterocycles. The number of pyridine rings is 2. The molecular weight excluding hydrogens is 378 g/mol. The molecule has 0 aliphatic heterocycles. The fourth-order valence-electron chi connectivity index (χ4n) is 2.73. The van der Waals surface area contributed by atoms with Crippen molar-refractivity contribution in [3.05, 3.63) is 72.7 Å². The Morgan fingerprint density at radius 2 is 1.93 bits per heavy atom. The molecule has 0 amide bonds. The van der Waals surface area contributed by atoms with Gasteiger partial charge in [0, 0.05) is 24.2 Å². The van der Waals surface area contributed by atoms with Crippen LogP contribution in [0.4, 0.5) is 0 Å². The first-order valence-corrected chi connectivity index (χ1v) is 10.3. The van der Waals surface area contributed by atoms with E-state index < -0.39 is 16.1 Å². The Morgan fingerprint density at radius 1 is 1.11 bits per heavy atom. The van der Waals surface area contributed by atoms with E-state index in [1.54, 1.807) is 36.7 Å². The highest BCUT2D eigenvalue weighted by molar-refractivity contribution is 7.89. The third-order valence-electron chi connectivity index (χ3n) is 4.12. The van der Waals surface area contributed by atoms with Crippen LogP contribution < -0.4 is 9.88 Å². The van der Waals surface area contributed by atoms with Crippen molar-refractivity contribution in [3.63, 3.8) is 0 Å². The summed E-state index contributed by atoms with van der Waals surface area (Å²) in [5.41, 5.74) is 1.87. The van der Waals surface area contributed by atoms with Gasteiger partial charge in [-0.3, -0.25) is 9.97 Å². The van der Waals surface area contributed by atoms with Crippen LogP contribution >= 0.6 is 0 Å². The van der Waals surface area contributed by atoms with Crippen LogP contribution in [0.1, 0.15) is 12.0 Å². The van der Waals surface area contributed by atoms with Crippen LogP contribution in [-0.4, -0.2) is 36.2 Å². The number of hydrogen-bond donors (Lipinski definition) is 2. The van der Waals surface area contributed by atoms with Crippen LogP contribution in [0.25, 0.3) is 11.3 Å². The Kier molecular flexibility index (Phi) is 6.35. The number of sulfonamides is 1. The van der Waals surface area contributed by atoms with Gasteiger partial charge in [0.15, 0.2) is 0 Å². The first kappa shape index (κ1) is 19.9. The van der Waals surface area contributed by atoms with Gasteiger partial charge in [-0.05, 0) is 48.7 Å². The van der Waals surface area contributed by atoms with E-state index in [4.69, 9.17) is 9.88 Å². The van der Waals surface area contributed by atoms with E-state index in [1.165, 1.54) is 18.3 Å². The van der Waals surface area contributed by atoms with Crippen molar-refractivity contribution in [3.8, 4) is 17.0 Å². The van der Waals surface area contributed by atoms with Crippen molar-refractivity contribution >= 4 is 10.0 Å².